The molecular weight excluding hydrogens is 459 g/mol. The molecule has 0 spiro atoms. The second-order valence-corrected chi connectivity index (χ2v) is 8.45. The summed E-state index contributed by atoms with van der Waals surface area (Å²) >= 11 is 15.6. The normalized spacial score (nSPS) is 19.3. The van der Waals surface area contributed by atoms with Crippen LogP contribution in [0.1, 0.15) is 35.3 Å². The first-order chi connectivity index (χ1) is 13.5. The van der Waals surface area contributed by atoms with E-state index in [1.165, 1.54) is 0 Å². The van der Waals surface area contributed by atoms with Crippen LogP contribution in [0, 0.1) is 0 Å². The molecule has 0 saturated carbocycles. The number of hydrogen-bond acceptors (Lipinski definition) is 3. The van der Waals surface area contributed by atoms with Crippen LogP contribution in [0.3, 0.4) is 0 Å². The van der Waals surface area contributed by atoms with Gasteiger partial charge in [-0.25, -0.2) is 0 Å². The maximum absolute atomic E-state index is 10.4. The van der Waals surface area contributed by atoms with Crippen molar-refractivity contribution in [2.24, 2.45) is 4.99 Å². The number of phenols is 1. The number of aliphatic imine (C=N–C) groups is 1. The van der Waals surface area contributed by atoms with Crippen LogP contribution in [0.25, 0.3) is 0 Å². The molecule has 1 heterocycles. The molecule has 3 nitrogen and oxygen atoms in total. The zero-order chi connectivity index (χ0) is 19.7. The molecule has 3 aromatic rings. The van der Waals surface area contributed by atoms with Crippen molar-refractivity contribution in [1.82, 2.24) is 5.32 Å². The summed E-state index contributed by atoms with van der Waals surface area (Å²) in [6.07, 6.45) is 0.399. The number of hydrogen-bond donors (Lipinski definition) is 2. The highest BCUT2D eigenvalue weighted by Crippen LogP contribution is 2.36. The SMILES string of the molecule is Oc1ccc(Br)cc1[C@@H]1CC(c2ccc(Cl)cc2)=N[C@@H](c2ccc(Cl)cc2)N1. The molecule has 2 N–H and O–H groups in total. The average Bonchev–Trinajstić information content (AvgIpc) is 2.70. The van der Waals surface area contributed by atoms with E-state index in [1.807, 2.05) is 60.7 Å². The molecule has 0 bridgehead atoms. The topological polar surface area (TPSA) is 44.6 Å². The molecule has 0 fully saturated rings. The Morgan fingerprint density at radius 2 is 1.57 bits per heavy atom. The van der Waals surface area contributed by atoms with Crippen molar-refractivity contribution < 1.29 is 5.11 Å². The Morgan fingerprint density at radius 1 is 0.929 bits per heavy atom. The van der Waals surface area contributed by atoms with Crippen LogP contribution >= 0.6 is 39.1 Å². The summed E-state index contributed by atoms with van der Waals surface area (Å²) in [6, 6.07) is 20.7. The summed E-state index contributed by atoms with van der Waals surface area (Å²) in [6.45, 7) is 0. The van der Waals surface area contributed by atoms with E-state index >= 15 is 0 Å². The number of nitrogens with one attached hydrogen (secondary N) is 1. The Hall–Kier alpha value is -1.85. The van der Waals surface area contributed by atoms with Gasteiger partial charge in [0.25, 0.3) is 0 Å². The third-order valence-corrected chi connectivity index (χ3v) is 5.77. The van der Waals surface area contributed by atoms with Gasteiger partial charge in [-0.1, -0.05) is 63.4 Å². The molecule has 0 unspecified atom stereocenters. The second-order valence-electron chi connectivity index (χ2n) is 6.66. The van der Waals surface area contributed by atoms with Crippen molar-refractivity contribution in [2.75, 3.05) is 0 Å². The summed E-state index contributed by atoms with van der Waals surface area (Å²) in [4.78, 5) is 4.94. The number of rotatable bonds is 3. The Bertz CT molecular complexity index is 1020. The molecular formula is C22H17BrCl2N2O. The maximum atomic E-state index is 10.4. The number of halogens is 3. The van der Waals surface area contributed by atoms with Crippen LogP contribution in [-0.4, -0.2) is 10.8 Å². The lowest BCUT2D eigenvalue weighted by Crippen LogP contribution is -2.33. The summed E-state index contributed by atoms with van der Waals surface area (Å²) < 4.78 is 0.917. The number of benzene rings is 3. The van der Waals surface area contributed by atoms with Crippen LogP contribution in [0.15, 0.2) is 76.2 Å². The van der Waals surface area contributed by atoms with Gasteiger partial charge in [-0.15, -0.1) is 0 Å². The predicted octanol–water partition coefficient (Wildman–Crippen LogP) is 6.68. The molecule has 1 aliphatic rings. The van der Waals surface area contributed by atoms with Gasteiger partial charge in [0.05, 0.1) is 0 Å². The first-order valence-electron chi connectivity index (χ1n) is 8.82. The van der Waals surface area contributed by atoms with E-state index in [0.717, 1.165) is 26.9 Å². The summed E-state index contributed by atoms with van der Waals surface area (Å²) in [7, 11) is 0. The van der Waals surface area contributed by atoms with Gasteiger partial charge in [-0.2, -0.15) is 0 Å². The third-order valence-electron chi connectivity index (χ3n) is 4.77. The molecule has 6 heteroatoms. The highest BCUT2D eigenvalue weighted by Gasteiger charge is 2.27. The van der Waals surface area contributed by atoms with E-state index in [-0.39, 0.29) is 18.0 Å². The van der Waals surface area contributed by atoms with Crippen LogP contribution in [0.5, 0.6) is 5.75 Å². The summed E-state index contributed by atoms with van der Waals surface area (Å²) in [5, 5.41) is 15.4. The average molecular weight is 476 g/mol. The quantitative estimate of drug-likeness (QED) is 0.443. The zero-order valence-corrected chi connectivity index (χ0v) is 17.8. The van der Waals surface area contributed by atoms with E-state index in [0.29, 0.717) is 16.5 Å². The maximum Gasteiger partial charge on any atom is 0.126 e. The van der Waals surface area contributed by atoms with Gasteiger partial charge in [0, 0.05) is 38.3 Å². The van der Waals surface area contributed by atoms with E-state index < -0.39 is 0 Å². The van der Waals surface area contributed by atoms with Gasteiger partial charge >= 0.3 is 0 Å². The highest BCUT2D eigenvalue weighted by atomic mass is 79.9. The standard InChI is InChI=1S/C22H17BrCl2N2O/c23-15-5-10-21(28)18(11-15)20-12-19(13-1-6-16(24)7-2-13)26-22(27-20)14-3-8-17(25)9-4-14/h1-11,20,22,27-28H,12H2/t20-,22+/m0/s1. The predicted molar refractivity (Wildman–Crippen MR) is 118 cm³/mol. The first-order valence-corrected chi connectivity index (χ1v) is 10.4. The van der Waals surface area contributed by atoms with Gasteiger partial charge in [-0.3, -0.25) is 10.3 Å². The lowest BCUT2D eigenvalue weighted by atomic mass is 9.93. The van der Waals surface area contributed by atoms with Crippen molar-refractivity contribution in [1.29, 1.82) is 0 Å². The third kappa shape index (κ3) is 4.26. The van der Waals surface area contributed by atoms with Crippen LogP contribution in [-0.2, 0) is 0 Å². The number of aromatic hydroxyl groups is 1. The van der Waals surface area contributed by atoms with Crippen molar-refractivity contribution in [2.45, 2.75) is 18.6 Å². The largest absolute Gasteiger partial charge is 0.508 e. The van der Waals surface area contributed by atoms with Crippen molar-refractivity contribution >= 4 is 44.8 Å². The molecule has 0 saturated heterocycles. The highest BCUT2D eigenvalue weighted by molar-refractivity contribution is 9.10. The lowest BCUT2D eigenvalue weighted by Gasteiger charge is -2.31. The van der Waals surface area contributed by atoms with E-state index in [2.05, 4.69) is 21.2 Å². The minimum Gasteiger partial charge on any atom is -0.508 e. The Balaban J connectivity index is 1.76. The lowest BCUT2D eigenvalue weighted by molar-refractivity contribution is 0.412. The Kier molecular flexibility index (Phi) is 5.74. The monoisotopic (exact) mass is 474 g/mol. The fourth-order valence-electron chi connectivity index (χ4n) is 3.34. The summed E-state index contributed by atoms with van der Waals surface area (Å²) in [5.74, 6) is 0.257. The minimum atomic E-state index is -0.250. The van der Waals surface area contributed by atoms with E-state index in [4.69, 9.17) is 28.2 Å². The van der Waals surface area contributed by atoms with Gasteiger partial charge in [0.1, 0.15) is 11.9 Å². The fourth-order valence-corrected chi connectivity index (χ4v) is 3.97. The van der Waals surface area contributed by atoms with Gasteiger partial charge < -0.3 is 5.11 Å². The van der Waals surface area contributed by atoms with Crippen molar-refractivity contribution in [3.8, 4) is 5.75 Å². The molecule has 3 aromatic carbocycles. The van der Waals surface area contributed by atoms with Crippen molar-refractivity contribution in [3.63, 3.8) is 0 Å². The Labute approximate surface area is 182 Å². The van der Waals surface area contributed by atoms with Crippen LogP contribution < -0.4 is 5.32 Å². The molecule has 28 heavy (non-hydrogen) atoms. The van der Waals surface area contributed by atoms with Gasteiger partial charge in [0.15, 0.2) is 0 Å². The smallest absolute Gasteiger partial charge is 0.126 e. The molecule has 142 valence electrons. The fraction of sp³-hybridized carbons (Fsp3) is 0.136. The van der Waals surface area contributed by atoms with Gasteiger partial charge in [0.2, 0.25) is 0 Å². The zero-order valence-electron chi connectivity index (χ0n) is 14.7. The minimum absolute atomic E-state index is 0.0960. The molecule has 0 amide bonds. The number of nitrogens with zero attached hydrogens (tertiary/aromatic N) is 1. The summed E-state index contributed by atoms with van der Waals surface area (Å²) in [5.41, 5.74) is 3.81. The van der Waals surface area contributed by atoms with Crippen LogP contribution in [0.4, 0.5) is 0 Å². The van der Waals surface area contributed by atoms with E-state index in [1.54, 1.807) is 6.07 Å². The van der Waals surface area contributed by atoms with Gasteiger partial charge in [-0.05, 0) is 53.6 Å². The first kappa shape index (κ1) is 19.5. The van der Waals surface area contributed by atoms with E-state index in [9.17, 15) is 5.11 Å². The number of phenolic OH excluding ortho intramolecular Hbond substituents is 1. The molecule has 0 radical (unpaired) electrons. The molecule has 0 aromatic heterocycles. The molecule has 2 atom stereocenters. The van der Waals surface area contributed by atoms with Crippen LogP contribution in [0.2, 0.25) is 10.0 Å². The second kappa shape index (κ2) is 8.26. The molecule has 4 rings (SSSR count). The Morgan fingerprint density at radius 3 is 2.25 bits per heavy atom. The molecule has 0 aliphatic carbocycles. The van der Waals surface area contributed by atoms with Crippen molar-refractivity contribution in [3.05, 3.63) is 97.9 Å². The molecule has 1 aliphatic heterocycles.